The van der Waals surface area contributed by atoms with Crippen molar-refractivity contribution in [2.45, 2.75) is 38.5 Å². The summed E-state index contributed by atoms with van der Waals surface area (Å²) in [7, 11) is 0. The van der Waals surface area contributed by atoms with Crippen molar-refractivity contribution in [3.63, 3.8) is 0 Å². The van der Waals surface area contributed by atoms with E-state index < -0.39 is 0 Å². The molecule has 0 atom stereocenters. The molecule has 230 valence electrons. The van der Waals surface area contributed by atoms with E-state index in [9.17, 15) is 0 Å². The summed E-state index contributed by atoms with van der Waals surface area (Å²) in [6.07, 6.45) is 0. The van der Waals surface area contributed by atoms with Crippen LogP contribution in [0.15, 0.2) is 158 Å². The van der Waals surface area contributed by atoms with Gasteiger partial charge in [-0.25, -0.2) is 0 Å². The lowest BCUT2D eigenvalue weighted by molar-refractivity contribution is 0.660. The molecule has 0 amide bonds. The van der Waals surface area contributed by atoms with Crippen LogP contribution in [-0.2, 0) is 10.8 Å². The molecule has 2 aliphatic carbocycles. The highest BCUT2D eigenvalue weighted by molar-refractivity contribution is 5.94. The van der Waals surface area contributed by atoms with Gasteiger partial charge >= 0.3 is 0 Å². The third-order valence-electron chi connectivity index (χ3n) is 11.2. The van der Waals surface area contributed by atoms with Crippen LogP contribution in [0.2, 0.25) is 0 Å². The third kappa shape index (κ3) is 4.22. The zero-order valence-corrected chi connectivity index (χ0v) is 28.0. The molecule has 0 saturated carbocycles. The van der Waals surface area contributed by atoms with E-state index in [0.717, 1.165) is 0 Å². The highest BCUT2D eigenvalue weighted by Crippen LogP contribution is 2.53. The Bertz CT molecular complexity index is 2180. The smallest absolute Gasteiger partial charge is 0.0159 e. The summed E-state index contributed by atoms with van der Waals surface area (Å²) in [6, 6.07) is 58.6. The van der Waals surface area contributed by atoms with Crippen LogP contribution in [0.3, 0.4) is 0 Å². The Hall–Kier alpha value is -5.46. The summed E-state index contributed by atoms with van der Waals surface area (Å²) in [5.41, 5.74) is 21.2. The fraction of sp³-hybridized carbons (Fsp3) is 0.125. The lowest BCUT2D eigenvalue weighted by Crippen LogP contribution is -2.14. The van der Waals surface area contributed by atoms with E-state index in [0.29, 0.717) is 0 Å². The van der Waals surface area contributed by atoms with Gasteiger partial charge in [-0.3, -0.25) is 0 Å². The Morgan fingerprint density at radius 2 is 0.521 bits per heavy atom. The minimum Gasteiger partial charge on any atom is -0.0619 e. The van der Waals surface area contributed by atoms with Gasteiger partial charge in [-0.2, -0.15) is 0 Å². The Kier molecular flexibility index (Phi) is 6.30. The maximum Gasteiger partial charge on any atom is 0.0159 e. The fourth-order valence-electron chi connectivity index (χ4n) is 8.53. The van der Waals surface area contributed by atoms with Gasteiger partial charge in [-0.1, -0.05) is 185 Å². The van der Waals surface area contributed by atoms with Crippen LogP contribution in [0.1, 0.15) is 49.9 Å². The zero-order chi connectivity index (χ0) is 32.6. The van der Waals surface area contributed by atoms with Crippen molar-refractivity contribution in [2.24, 2.45) is 0 Å². The summed E-state index contributed by atoms with van der Waals surface area (Å²) in [6.45, 7) is 9.38. The van der Waals surface area contributed by atoms with Crippen LogP contribution in [0.4, 0.5) is 0 Å². The molecule has 0 fully saturated rings. The van der Waals surface area contributed by atoms with E-state index in [1.54, 1.807) is 0 Å². The van der Waals surface area contributed by atoms with Gasteiger partial charge in [0.2, 0.25) is 0 Å². The van der Waals surface area contributed by atoms with E-state index in [4.69, 9.17) is 0 Å². The van der Waals surface area contributed by atoms with E-state index in [1.807, 2.05) is 0 Å². The molecule has 0 heteroatoms. The van der Waals surface area contributed by atoms with E-state index in [2.05, 4.69) is 185 Å². The van der Waals surface area contributed by atoms with Gasteiger partial charge < -0.3 is 0 Å². The molecule has 9 rings (SSSR count). The van der Waals surface area contributed by atoms with E-state index in [1.165, 1.54) is 89.0 Å². The van der Waals surface area contributed by atoms with Gasteiger partial charge in [-0.05, 0) is 89.0 Å². The molecule has 0 nitrogen and oxygen atoms in total. The van der Waals surface area contributed by atoms with Crippen molar-refractivity contribution in [3.8, 4) is 66.8 Å². The minimum absolute atomic E-state index is 0.00887. The average molecular weight is 615 g/mol. The number of benzene rings is 7. The Balaban J connectivity index is 0.986. The second-order valence-electron chi connectivity index (χ2n) is 14.5. The fourth-order valence-corrected chi connectivity index (χ4v) is 8.53. The predicted molar refractivity (Wildman–Crippen MR) is 203 cm³/mol. The maximum absolute atomic E-state index is 2.34. The summed E-state index contributed by atoms with van der Waals surface area (Å²) < 4.78 is 0. The van der Waals surface area contributed by atoms with Crippen molar-refractivity contribution in [3.05, 3.63) is 180 Å². The molecule has 7 aromatic carbocycles. The second kappa shape index (κ2) is 10.5. The van der Waals surface area contributed by atoms with Crippen molar-refractivity contribution in [2.75, 3.05) is 0 Å². The first kappa shape index (κ1) is 28.7. The summed E-state index contributed by atoms with van der Waals surface area (Å²) >= 11 is 0. The first-order chi connectivity index (χ1) is 23.3. The molecule has 0 N–H and O–H groups in total. The molecule has 48 heavy (non-hydrogen) atoms. The maximum atomic E-state index is 2.34. The summed E-state index contributed by atoms with van der Waals surface area (Å²) in [4.78, 5) is 0. The quantitative estimate of drug-likeness (QED) is 0.185. The van der Waals surface area contributed by atoms with E-state index in [-0.39, 0.29) is 10.8 Å². The average Bonchev–Trinajstić information content (AvgIpc) is 3.52. The molecule has 0 saturated heterocycles. The standard InChI is InChI=1S/C48H38/c1-47(2)41-15-7-5-11-39(41)45-37(13-9-17-43(45)47)35-27-23-33(24-28-35)31-19-21-32(22-20-31)34-25-29-36(30-26-34)38-14-10-18-44-46(38)40-12-6-8-16-42(40)48(44,3)4/h5-30H,1-4H3. The Morgan fingerprint density at radius 1 is 0.250 bits per heavy atom. The monoisotopic (exact) mass is 614 g/mol. The molecule has 0 unspecified atom stereocenters. The van der Waals surface area contributed by atoms with Crippen LogP contribution in [0.25, 0.3) is 66.8 Å². The van der Waals surface area contributed by atoms with Crippen LogP contribution in [0, 0.1) is 0 Å². The molecular weight excluding hydrogens is 577 g/mol. The number of fused-ring (bicyclic) bond motifs is 6. The van der Waals surface area contributed by atoms with Crippen molar-refractivity contribution in [1.82, 2.24) is 0 Å². The summed E-state index contributed by atoms with van der Waals surface area (Å²) in [5, 5.41) is 0. The molecule has 0 aromatic heterocycles. The SMILES string of the molecule is CC1(C)c2ccccc2-c2c(-c3ccc(-c4ccc(-c5ccc(-c6cccc7c6-c6ccccc6C7(C)C)cc5)cc4)cc3)cccc21. The number of rotatable bonds is 4. The van der Waals surface area contributed by atoms with Crippen LogP contribution in [-0.4, -0.2) is 0 Å². The molecule has 0 heterocycles. The van der Waals surface area contributed by atoms with E-state index >= 15 is 0 Å². The molecule has 2 aliphatic rings. The summed E-state index contributed by atoms with van der Waals surface area (Å²) in [5.74, 6) is 0. The van der Waals surface area contributed by atoms with Crippen molar-refractivity contribution < 1.29 is 0 Å². The largest absolute Gasteiger partial charge is 0.0619 e. The van der Waals surface area contributed by atoms with Gasteiger partial charge in [0.15, 0.2) is 0 Å². The first-order valence-electron chi connectivity index (χ1n) is 17.1. The van der Waals surface area contributed by atoms with Gasteiger partial charge in [0.05, 0.1) is 0 Å². The molecule has 0 bridgehead atoms. The van der Waals surface area contributed by atoms with Crippen LogP contribution in [0.5, 0.6) is 0 Å². The highest BCUT2D eigenvalue weighted by atomic mass is 14.4. The van der Waals surface area contributed by atoms with Gasteiger partial charge in [0.1, 0.15) is 0 Å². The molecule has 0 aliphatic heterocycles. The predicted octanol–water partition coefficient (Wildman–Crippen LogP) is 13.0. The third-order valence-corrected chi connectivity index (χ3v) is 11.2. The van der Waals surface area contributed by atoms with Gasteiger partial charge in [0, 0.05) is 10.8 Å². The minimum atomic E-state index is 0.00887. The van der Waals surface area contributed by atoms with Crippen LogP contribution >= 0.6 is 0 Å². The highest BCUT2D eigenvalue weighted by Gasteiger charge is 2.37. The lowest BCUT2D eigenvalue weighted by atomic mass is 9.82. The topological polar surface area (TPSA) is 0 Å². The van der Waals surface area contributed by atoms with Crippen molar-refractivity contribution in [1.29, 1.82) is 0 Å². The number of hydrogen-bond donors (Lipinski definition) is 0. The van der Waals surface area contributed by atoms with Gasteiger partial charge in [0.25, 0.3) is 0 Å². The first-order valence-corrected chi connectivity index (χ1v) is 17.1. The molecular formula is C48H38. The second-order valence-corrected chi connectivity index (χ2v) is 14.5. The number of hydrogen-bond acceptors (Lipinski definition) is 0. The molecule has 7 aromatic rings. The Morgan fingerprint density at radius 3 is 0.875 bits per heavy atom. The lowest BCUT2D eigenvalue weighted by Gasteiger charge is -2.21. The van der Waals surface area contributed by atoms with Crippen LogP contribution < -0.4 is 0 Å². The zero-order valence-electron chi connectivity index (χ0n) is 28.0. The molecule has 0 spiro atoms. The Labute approximate surface area is 284 Å². The molecule has 0 radical (unpaired) electrons. The van der Waals surface area contributed by atoms with Gasteiger partial charge in [-0.15, -0.1) is 0 Å². The van der Waals surface area contributed by atoms with Crippen molar-refractivity contribution >= 4 is 0 Å². The normalized spacial score (nSPS) is 14.6.